The molecule has 200 valence electrons. The van der Waals surface area contributed by atoms with Gasteiger partial charge in [-0.2, -0.15) is 5.10 Å². The van der Waals surface area contributed by atoms with E-state index >= 15 is 0 Å². The molecule has 1 atom stereocenters. The monoisotopic (exact) mass is 543 g/mol. The van der Waals surface area contributed by atoms with E-state index in [2.05, 4.69) is 16.8 Å². The van der Waals surface area contributed by atoms with Gasteiger partial charge >= 0.3 is 0 Å². The number of H-pyrrole nitrogens is 1. The molecule has 0 bridgehead atoms. The van der Waals surface area contributed by atoms with E-state index in [9.17, 15) is 9.90 Å². The standard InChI is InChI=1S/C31H30ClN3O4/c1-5-13-39-24-12-11-20(16-25(24)38-6-2)30-27-28(26-19(4)14-18(3)15-23(26)36)33-34-29(27)31(37)35(30)17-21-9-7-8-10-22(21)32/h5,7-12,14-16,30,36H,1,6,13,17H2,2-4H3,(H,33,34). The number of hydrogen-bond acceptors (Lipinski definition) is 5. The highest BCUT2D eigenvalue weighted by Gasteiger charge is 2.43. The summed E-state index contributed by atoms with van der Waals surface area (Å²) in [6.07, 6.45) is 1.67. The van der Waals surface area contributed by atoms with Gasteiger partial charge in [0, 0.05) is 22.7 Å². The molecular formula is C31H30ClN3O4. The van der Waals surface area contributed by atoms with Gasteiger partial charge in [0.15, 0.2) is 11.5 Å². The zero-order chi connectivity index (χ0) is 27.7. The van der Waals surface area contributed by atoms with Crippen LogP contribution < -0.4 is 9.47 Å². The van der Waals surface area contributed by atoms with Crippen molar-refractivity contribution in [2.24, 2.45) is 0 Å². The molecule has 0 aliphatic carbocycles. The number of aromatic nitrogens is 2. The zero-order valence-electron chi connectivity index (χ0n) is 22.1. The van der Waals surface area contributed by atoms with Crippen molar-refractivity contribution in [1.29, 1.82) is 0 Å². The van der Waals surface area contributed by atoms with Crippen molar-refractivity contribution in [3.8, 4) is 28.5 Å². The van der Waals surface area contributed by atoms with Gasteiger partial charge in [0.1, 0.15) is 23.7 Å². The van der Waals surface area contributed by atoms with Gasteiger partial charge in [-0.25, -0.2) is 0 Å². The molecule has 1 aromatic heterocycles. The number of rotatable bonds is 9. The van der Waals surface area contributed by atoms with Crippen LogP contribution in [0.25, 0.3) is 11.3 Å². The van der Waals surface area contributed by atoms with Crippen LogP contribution in [0.1, 0.15) is 51.3 Å². The van der Waals surface area contributed by atoms with Crippen molar-refractivity contribution < 1.29 is 19.4 Å². The van der Waals surface area contributed by atoms with Crippen molar-refractivity contribution in [2.45, 2.75) is 33.4 Å². The number of nitrogens with one attached hydrogen (secondary N) is 1. The Morgan fingerprint density at radius 1 is 1.13 bits per heavy atom. The third kappa shape index (κ3) is 4.86. The SMILES string of the molecule is C=CCOc1ccc(C2c3c(-c4c(C)cc(C)cc4O)n[nH]c3C(=O)N2Cc2ccccc2Cl)cc1OCC. The smallest absolute Gasteiger partial charge is 0.273 e. The Labute approximate surface area is 232 Å². The van der Waals surface area contributed by atoms with Crippen LogP contribution in [0.5, 0.6) is 17.2 Å². The van der Waals surface area contributed by atoms with Crippen LogP contribution >= 0.6 is 11.6 Å². The summed E-state index contributed by atoms with van der Waals surface area (Å²) in [5, 5.41) is 19.0. The summed E-state index contributed by atoms with van der Waals surface area (Å²) in [5.41, 5.74) is 5.63. The maximum atomic E-state index is 13.9. The van der Waals surface area contributed by atoms with Gasteiger partial charge in [0.05, 0.1) is 12.6 Å². The van der Waals surface area contributed by atoms with Crippen LogP contribution in [0.15, 0.2) is 67.3 Å². The summed E-state index contributed by atoms with van der Waals surface area (Å²) in [6.45, 7) is 10.5. The molecule has 0 saturated carbocycles. The number of halogens is 1. The molecular weight excluding hydrogens is 514 g/mol. The maximum Gasteiger partial charge on any atom is 0.273 e. The molecule has 0 saturated heterocycles. The molecule has 1 aliphatic heterocycles. The first kappa shape index (κ1) is 26.4. The lowest BCUT2D eigenvalue weighted by molar-refractivity contribution is 0.0730. The summed E-state index contributed by atoms with van der Waals surface area (Å²) in [5.74, 6) is 1.06. The summed E-state index contributed by atoms with van der Waals surface area (Å²) in [6, 6.07) is 16.3. The fraction of sp³-hybridized carbons (Fsp3) is 0.226. The van der Waals surface area contributed by atoms with Crippen molar-refractivity contribution >= 4 is 17.5 Å². The topological polar surface area (TPSA) is 87.7 Å². The summed E-state index contributed by atoms with van der Waals surface area (Å²) in [4.78, 5) is 15.6. The van der Waals surface area contributed by atoms with E-state index in [-0.39, 0.29) is 18.2 Å². The molecule has 8 heteroatoms. The lowest BCUT2D eigenvalue weighted by atomic mass is 9.93. The Morgan fingerprint density at radius 3 is 2.64 bits per heavy atom. The number of aromatic hydroxyl groups is 1. The van der Waals surface area contributed by atoms with Crippen molar-refractivity contribution in [3.05, 3.63) is 106 Å². The Hall–Kier alpha value is -4.23. The van der Waals surface area contributed by atoms with E-state index in [0.717, 1.165) is 22.3 Å². The molecule has 4 aromatic rings. The van der Waals surface area contributed by atoms with E-state index < -0.39 is 6.04 Å². The highest BCUT2D eigenvalue weighted by molar-refractivity contribution is 6.31. The number of ether oxygens (including phenoxy) is 2. The van der Waals surface area contributed by atoms with E-state index in [1.54, 1.807) is 17.0 Å². The summed E-state index contributed by atoms with van der Waals surface area (Å²) >= 11 is 6.51. The number of carbonyl (C=O) groups excluding carboxylic acids is 1. The average molecular weight is 544 g/mol. The number of aryl methyl sites for hydroxylation is 2. The predicted octanol–water partition coefficient (Wildman–Crippen LogP) is 6.76. The number of nitrogens with zero attached hydrogens (tertiary/aromatic N) is 2. The second kappa shape index (κ2) is 10.9. The molecule has 0 radical (unpaired) electrons. The van der Waals surface area contributed by atoms with Crippen molar-refractivity contribution in [1.82, 2.24) is 15.1 Å². The van der Waals surface area contributed by atoms with Gasteiger partial charge in [-0.05, 0) is 67.3 Å². The van der Waals surface area contributed by atoms with E-state index in [1.807, 2.05) is 69.3 Å². The highest BCUT2D eigenvalue weighted by Crippen LogP contribution is 2.47. The second-order valence-corrected chi connectivity index (χ2v) is 9.91. The Kier molecular flexibility index (Phi) is 7.35. The Balaban J connectivity index is 1.69. The summed E-state index contributed by atoms with van der Waals surface area (Å²) in [7, 11) is 0. The average Bonchev–Trinajstić information content (AvgIpc) is 3.43. The van der Waals surface area contributed by atoms with Gasteiger partial charge < -0.3 is 19.5 Å². The molecule has 2 heterocycles. The number of hydrogen-bond donors (Lipinski definition) is 2. The molecule has 7 nitrogen and oxygen atoms in total. The van der Waals surface area contributed by atoms with E-state index in [0.29, 0.717) is 52.3 Å². The minimum Gasteiger partial charge on any atom is -0.507 e. The molecule has 39 heavy (non-hydrogen) atoms. The molecule has 5 rings (SSSR count). The maximum absolute atomic E-state index is 13.9. The molecule has 1 amide bonds. The molecule has 2 N–H and O–H groups in total. The first-order valence-electron chi connectivity index (χ1n) is 12.8. The fourth-order valence-corrected chi connectivity index (χ4v) is 5.39. The first-order chi connectivity index (χ1) is 18.8. The molecule has 1 unspecified atom stereocenters. The molecule has 0 spiro atoms. The lowest BCUT2D eigenvalue weighted by Crippen LogP contribution is -2.29. The number of phenols is 1. The predicted molar refractivity (Wildman–Crippen MR) is 152 cm³/mol. The lowest BCUT2D eigenvalue weighted by Gasteiger charge is -2.27. The quantitative estimate of drug-likeness (QED) is 0.228. The van der Waals surface area contributed by atoms with E-state index in [1.165, 1.54) is 0 Å². The normalized spacial score (nSPS) is 14.4. The van der Waals surface area contributed by atoms with Crippen LogP contribution in [0.4, 0.5) is 0 Å². The van der Waals surface area contributed by atoms with Crippen LogP contribution in [0, 0.1) is 13.8 Å². The minimum absolute atomic E-state index is 0.112. The summed E-state index contributed by atoms with van der Waals surface area (Å²) < 4.78 is 11.7. The van der Waals surface area contributed by atoms with Crippen LogP contribution in [-0.4, -0.2) is 39.3 Å². The van der Waals surface area contributed by atoms with Gasteiger partial charge in [0.25, 0.3) is 5.91 Å². The number of carbonyl (C=O) groups is 1. The van der Waals surface area contributed by atoms with Crippen LogP contribution in [0.2, 0.25) is 5.02 Å². The van der Waals surface area contributed by atoms with Crippen LogP contribution in [0.3, 0.4) is 0 Å². The third-order valence-electron chi connectivity index (χ3n) is 6.80. The Bertz CT molecular complexity index is 1540. The van der Waals surface area contributed by atoms with Gasteiger partial charge in [-0.15, -0.1) is 0 Å². The molecule has 1 aliphatic rings. The molecule has 0 fully saturated rings. The highest BCUT2D eigenvalue weighted by atomic mass is 35.5. The zero-order valence-corrected chi connectivity index (χ0v) is 22.9. The largest absolute Gasteiger partial charge is 0.507 e. The fourth-order valence-electron chi connectivity index (χ4n) is 5.19. The van der Waals surface area contributed by atoms with Crippen molar-refractivity contribution in [3.63, 3.8) is 0 Å². The number of fused-ring (bicyclic) bond motifs is 1. The number of phenolic OH excluding ortho intramolecular Hbond substituents is 1. The van der Waals surface area contributed by atoms with E-state index in [4.69, 9.17) is 21.1 Å². The second-order valence-electron chi connectivity index (χ2n) is 9.50. The van der Waals surface area contributed by atoms with Gasteiger partial charge in [-0.1, -0.05) is 54.6 Å². The van der Waals surface area contributed by atoms with Gasteiger partial charge in [-0.3, -0.25) is 9.89 Å². The number of amides is 1. The number of aromatic amines is 1. The van der Waals surface area contributed by atoms with Gasteiger partial charge in [0.2, 0.25) is 0 Å². The number of benzene rings is 3. The minimum atomic E-state index is -0.523. The third-order valence-corrected chi connectivity index (χ3v) is 7.17. The van der Waals surface area contributed by atoms with Crippen LogP contribution in [-0.2, 0) is 6.54 Å². The Morgan fingerprint density at radius 2 is 1.92 bits per heavy atom. The molecule has 3 aromatic carbocycles. The van der Waals surface area contributed by atoms with Crippen molar-refractivity contribution in [2.75, 3.05) is 13.2 Å². The first-order valence-corrected chi connectivity index (χ1v) is 13.2.